The Morgan fingerprint density at radius 3 is 2.43 bits per heavy atom. The first-order valence-corrected chi connectivity index (χ1v) is 6.41. The third kappa shape index (κ3) is 3.36. The fourth-order valence-electron chi connectivity index (χ4n) is 1.87. The number of halogens is 4. The van der Waals surface area contributed by atoms with E-state index >= 15 is 0 Å². The van der Waals surface area contributed by atoms with E-state index in [2.05, 4.69) is 0 Å². The molecule has 110 valence electrons. The summed E-state index contributed by atoms with van der Waals surface area (Å²) < 4.78 is 38.9. The Balaban J connectivity index is 2.52. The third-order valence-corrected chi connectivity index (χ3v) is 3.42. The summed E-state index contributed by atoms with van der Waals surface area (Å²) in [6, 6.07) is 9.52. The van der Waals surface area contributed by atoms with Crippen molar-refractivity contribution in [2.45, 2.75) is 13.1 Å². The van der Waals surface area contributed by atoms with Crippen molar-refractivity contribution in [3.05, 3.63) is 69.4 Å². The standard InChI is InChI=1S/C15H11ClF3NO/c1-10-11(5-4-7-13(10)16)9-20(21)14-8-3-2-6-12(14)15(17,18)19/h2-9H,1H3. The van der Waals surface area contributed by atoms with Crippen LogP contribution in [0.25, 0.3) is 0 Å². The molecule has 0 unspecified atom stereocenters. The van der Waals surface area contributed by atoms with E-state index in [0.29, 0.717) is 16.1 Å². The summed E-state index contributed by atoms with van der Waals surface area (Å²) >= 11 is 5.93. The van der Waals surface area contributed by atoms with Crippen LogP contribution in [0.15, 0.2) is 42.5 Å². The summed E-state index contributed by atoms with van der Waals surface area (Å²) in [6.07, 6.45) is -3.50. The van der Waals surface area contributed by atoms with Crippen molar-refractivity contribution in [3.63, 3.8) is 0 Å². The lowest BCUT2D eigenvalue weighted by molar-refractivity contribution is -0.358. The Hall–Kier alpha value is -2.01. The van der Waals surface area contributed by atoms with Crippen LogP contribution >= 0.6 is 11.6 Å². The van der Waals surface area contributed by atoms with Crippen molar-refractivity contribution in [2.75, 3.05) is 0 Å². The molecule has 0 aliphatic carbocycles. The van der Waals surface area contributed by atoms with Crippen molar-refractivity contribution in [3.8, 4) is 0 Å². The van der Waals surface area contributed by atoms with Crippen LogP contribution in [0.2, 0.25) is 5.02 Å². The minimum Gasteiger partial charge on any atom is -0.618 e. The van der Waals surface area contributed by atoms with Gasteiger partial charge in [0.1, 0.15) is 5.56 Å². The summed E-state index contributed by atoms with van der Waals surface area (Å²) in [4.78, 5) is 0. The Morgan fingerprint density at radius 1 is 1.10 bits per heavy atom. The van der Waals surface area contributed by atoms with Gasteiger partial charge in [-0.25, -0.2) is 0 Å². The van der Waals surface area contributed by atoms with Crippen molar-refractivity contribution >= 4 is 23.5 Å². The number of alkyl halides is 3. The monoisotopic (exact) mass is 313 g/mol. The van der Waals surface area contributed by atoms with E-state index in [-0.39, 0.29) is 4.74 Å². The van der Waals surface area contributed by atoms with Gasteiger partial charge in [0.15, 0.2) is 6.21 Å². The van der Waals surface area contributed by atoms with Gasteiger partial charge in [-0.3, -0.25) is 0 Å². The SMILES string of the molecule is Cc1c(Cl)cccc1C=[N+]([O-])c1ccccc1C(F)(F)F. The van der Waals surface area contributed by atoms with Crippen molar-refractivity contribution in [1.29, 1.82) is 0 Å². The lowest BCUT2D eigenvalue weighted by atomic mass is 10.1. The van der Waals surface area contributed by atoms with Gasteiger partial charge in [-0.15, -0.1) is 0 Å². The van der Waals surface area contributed by atoms with Crippen LogP contribution in [-0.2, 0) is 6.18 Å². The molecule has 0 atom stereocenters. The molecular formula is C15H11ClF3NO. The molecule has 2 aromatic carbocycles. The van der Waals surface area contributed by atoms with Crippen LogP contribution in [0.1, 0.15) is 16.7 Å². The van der Waals surface area contributed by atoms with E-state index in [1.165, 1.54) is 12.1 Å². The fourth-order valence-corrected chi connectivity index (χ4v) is 2.05. The number of nitrogens with zero attached hydrogens (tertiary/aromatic N) is 1. The summed E-state index contributed by atoms with van der Waals surface area (Å²) in [5.74, 6) is 0. The predicted molar refractivity (Wildman–Crippen MR) is 76.1 cm³/mol. The number of para-hydroxylation sites is 1. The maximum Gasteiger partial charge on any atom is 0.422 e. The van der Waals surface area contributed by atoms with Gasteiger partial charge in [-0.2, -0.15) is 17.9 Å². The van der Waals surface area contributed by atoms with Gasteiger partial charge >= 0.3 is 6.18 Å². The molecule has 0 bridgehead atoms. The highest BCUT2D eigenvalue weighted by Gasteiger charge is 2.36. The van der Waals surface area contributed by atoms with Crippen LogP contribution < -0.4 is 0 Å². The molecule has 2 rings (SSSR count). The van der Waals surface area contributed by atoms with E-state index in [1.807, 2.05) is 0 Å². The fraction of sp³-hybridized carbons (Fsp3) is 0.133. The van der Waals surface area contributed by atoms with E-state index in [4.69, 9.17) is 11.6 Å². The first-order chi connectivity index (χ1) is 9.80. The summed E-state index contributed by atoms with van der Waals surface area (Å²) in [6.45, 7) is 1.69. The molecule has 0 spiro atoms. The minimum atomic E-state index is -4.59. The molecule has 21 heavy (non-hydrogen) atoms. The van der Waals surface area contributed by atoms with Crippen LogP contribution in [0.4, 0.5) is 18.9 Å². The second-order valence-corrected chi connectivity index (χ2v) is 4.83. The molecule has 0 aliphatic rings. The van der Waals surface area contributed by atoms with E-state index in [0.717, 1.165) is 18.3 Å². The lowest BCUT2D eigenvalue weighted by Gasteiger charge is -2.11. The molecule has 2 aromatic rings. The van der Waals surface area contributed by atoms with Gasteiger partial charge in [0.25, 0.3) is 0 Å². The first-order valence-electron chi connectivity index (χ1n) is 6.03. The predicted octanol–water partition coefficient (Wildman–Crippen LogP) is 4.93. The molecule has 0 amide bonds. The number of hydrogen-bond acceptors (Lipinski definition) is 1. The maximum absolute atomic E-state index is 12.9. The Bertz CT molecular complexity index is 696. The van der Waals surface area contributed by atoms with Gasteiger partial charge in [-0.1, -0.05) is 29.8 Å². The molecule has 0 fully saturated rings. The topological polar surface area (TPSA) is 26.1 Å². The molecule has 6 heteroatoms. The lowest BCUT2D eigenvalue weighted by Crippen LogP contribution is -2.10. The first kappa shape index (κ1) is 15.4. The Labute approximate surface area is 124 Å². The van der Waals surface area contributed by atoms with Crippen LogP contribution in [0, 0.1) is 12.1 Å². The van der Waals surface area contributed by atoms with Crippen molar-refractivity contribution in [2.24, 2.45) is 0 Å². The highest BCUT2D eigenvalue weighted by molar-refractivity contribution is 6.31. The minimum absolute atomic E-state index is 0.210. The number of hydrogen-bond donors (Lipinski definition) is 0. The zero-order chi connectivity index (χ0) is 15.6. The van der Waals surface area contributed by atoms with Crippen molar-refractivity contribution < 1.29 is 17.9 Å². The molecule has 0 heterocycles. The highest BCUT2D eigenvalue weighted by Crippen LogP contribution is 2.35. The molecular weight excluding hydrogens is 303 g/mol. The summed E-state index contributed by atoms with van der Waals surface area (Å²) in [7, 11) is 0. The highest BCUT2D eigenvalue weighted by atomic mass is 35.5. The summed E-state index contributed by atoms with van der Waals surface area (Å²) in [5, 5.41) is 12.5. The molecule has 0 radical (unpaired) electrons. The average Bonchev–Trinajstić information content (AvgIpc) is 2.43. The van der Waals surface area contributed by atoms with Gasteiger partial charge < -0.3 is 5.21 Å². The van der Waals surface area contributed by atoms with Gasteiger partial charge in [-0.05, 0) is 30.7 Å². The third-order valence-electron chi connectivity index (χ3n) is 3.01. The maximum atomic E-state index is 12.9. The number of benzene rings is 2. The van der Waals surface area contributed by atoms with Gasteiger partial charge in [0, 0.05) is 16.7 Å². The smallest absolute Gasteiger partial charge is 0.422 e. The Morgan fingerprint density at radius 2 is 1.76 bits per heavy atom. The molecule has 0 saturated carbocycles. The normalized spacial score (nSPS) is 12.5. The zero-order valence-corrected chi connectivity index (χ0v) is 11.7. The van der Waals surface area contributed by atoms with Crippen LogP contribution in [-0.4, -0.2) is 11.0 Å². The van der Waals surface area contributed by atoms with Gasteiger partial charge in [0.2, 0.25) is 5.69 Å². The molecule has 0 aliphatic heterocycles. The number of rotatable bonds is 2. The Kier molecular flexibility index (Phi) is 4.23. The zero-order valence-electron chi connectivity index (χ0n) is 11.0. The average molecular weight is 314 g/mol. The molecule has 0 N–H and O–H groups in total. The van der Waals surface area contributed by atoms with E-state index < -0.39 is 17.4 Å². The van der Waals surface area contributed by atoms with E-state index in [9.17, 15) is 18.4 Å². The van der Waals surface area contributed by atoms with Crippen LogP contribution in [0.5, 0.6) is 0 Å². The second kappa shape index (κ2) is 5.77. The quantitative estimate of drug-likeness (QED) is 0.334. The molecule has 0 saturated heterocycles. The summed E-state index contributed by atoms with van der Waals surface area (Å²) in [5.41, 5.74) is -0.334. The van der Waals surface area contributed by atoms with Crippen LogP contribution in [0.3, 0.4) is 0 Å². The molecule has 0 aromatic heterocycles. The second-order valence-electron chi connectivity index (χ2n) is 4.42. The van der Waals surface area contributed by atoms with Gasteiger partial charge in [0.05, 0.1) is 0 Å². The van der Waals surface area contributed by atoms with E-state index in [1.54, 1.807) is 25.1 Å². The molecule has 2 nitrogen and oxygen atoms in total. The largest absolute Gasteiger partial charge is 0.618 e. The van der Waals surface area contributed by atoms with Crippen molar-refractivity contribution in [1.82, 2.24) is 0 Å².